The maximum Gasteiger partial charge on any atom is 0.239 e. The van der Waals surface area contributed by atoms with Crippen LogP contribution in [0.25, 0.3) is 0 Å². The van der Waals surface area contributed by atoms with E-state index in [1.54, 1.807) is 0 Å². The van der Waals surface area contributed by atoms with Crippen molar-refractivity contribution in [2.75, 3.05) is 32.7 Å². The second-order valence-electron chi connectivity index (χ2n) is 11.0. The zero-order valence-electron chi connectivity index (χ0n) is 21.3. The predicted octanol–water partition coefficient (Wildman–Crippen LogP) is 4.89. The third-order valence-corrected chi connectivity index (χ3v) is 8.18. The number of carbonyl (C=O) groups is 2. The molecule has 2 unspecified atom stereocenters. The van der Waals surface area contributed by atoms with E-state index in [0.29, 0.717) is 19.5 Å². The molecule has 0 saturated carbocycles. The normalized spacial score (nSPS) is 20.6. The number of hydrogen-bond donors (Lipinski definition) is 0. The van der Waals surface area contributed by atoms with Crippen molar-refractivity contribution in [3.8, 4) is 0 Å². The maximum atomic E-state index is 13.8. The van der Waals surface area contributed by atoms with Gasteiger partial charge in [0.25, 0.3) is 0 Å². The van der Waals surface area contributed by atoms with Crippen LogP contribution in [0.3, 0.4) is 0 Å². The highest BCUT2D eigenvalue weighted by Gasteiger charge is 2.37. The Kier molecular flexibility index (Phi) is 7.48. The lowest BCUT2D eigenvalue weighted by Gasteiger charge is -2.41. The molecule has 4 rings (SSSR count). The largest absolute Gasteiger partial charge is 0.341 e. The fraction of sp³-hybridized carbons (Fsp3) is 0.571. The van der Waals surface area contributed by atoms with Gasteiger partial charge in [-0.15, -0.1) is 11.3 Å². The molecule has 1 fully saturated rings. The first kappa shape index (κ1) is 24.9. The highest BCUT2D eigenvalue weighted by Crippen LogP contribution is 2.40. The van der Waals surface area contributed by atoms with Gasteiger partial charge in [0, 0.05) is 44.0 Å². The molecule has 0 spiro atoms. The number of thiophene rings is 1. The van der Waals surface area contributed by atoms with Gasteiger partial charge in [0.1, 0.15) is 0 Å². The average molecular weight is 482 g/mol. The Morgan fingerprint density at radius 1 is 1.00 bits per heavy atom. The summed E-state index contributed by atoms with van der Waals surface area (Å²) in [6.45, 7) is 14.1. The number of aryl methyl sites for hydroxylation is 1. The van der Waals surface area contributed by atoms with Crippen molar-refractivity contribution < 1.29 is 9.59 Å². The van der Waals surface area contributed by atoms with Crippen LogP contribution in [0.5, 0.6) is 0 Å². The van der Waals surface area contributed by atoms with Crippen LogP contribution in [-0.2, 0) is 16.0 Å². The van der Waals surface area contributed by atoms with E-state index in [4.69, 9.17) is 0 Å². The van der Waals surface area contributed by atoms with Gasteiger partial charge in [0.2, 0.25) is 11.8 Å². The molecule has 0 aliphatic carbocycles. The summed E-state index contributed by atoms with van der Waals surface area (Å²) in [5.41, 5.74) is 3.88. The first-order valence-corrected chi connectivity index (χ1v) is 13.5. The standard InChI is InChI=1S/C28H39N3O2S/c1-20-9-6-7-10-22(20)26-23-12-18-34-24(23)11-15-31(26)21(2)27(33)30-14-8-13-29(16-17-30)25(32)19-28(3,4)5/h6-7,9-10,12,18,21,26H,8,11,13-17,19H2,1-5H3. The van der Waals surface area contributed by atoms with Crippen molar-refractivity contribution in [3.05, 3.63) is 57.3 Å². The molecule has 2 aliphatic heterocycles. The summed E-state index contributed by atoms with van der Waals surface area (Å²) in [4.78, 5) is 34.3. The van der Waals surface area contributed by atoms with Crippen molar-refractivity contribution in [1.82, 2.24) is 14.7 Å². The van der Waals surface area contributed by atoms with Crippen LogP contribution in [-0.4, -0.2) is 65.3 Å². The minimum Gasteiger partial charge on any atom is -0.341 e. The second kappa shape index (κ2) is 10.2. The smallest absolute Gasteiger partial charge is 0.239 e. The summed E-state index contributed by atoms with van der Waals surface area (Å²) in [7, 11) is 0. The van der Waals surface area contributed by atoms with Gasteiger partial charge in [-0.2, -0.15) is 0 Å². The van der Waals surface area contributed by atoms with Crippen molar-refractivity contribution in [1.29, 1.82) is 0 Å². The molecule has 34 heavy (non-hydrogen) atoms. The zero-order chi connectivity index (χ0) is 24.5. The molecule has 3 heterocycles. The van der Waals surface area contributed by atoms with Crippen LogP contribution in [0.1, 0.15) is 68.1 Å². The lowest BCUT2D eigenvalue weighted by Crippen LogP contribution is -2.51. The average Bonchev–Trinajstić information content (AvgIpc) is 3.12. The Morgan fingerprint density at radius 3 is 2.44 bits per heavy atom. The summed E-state index contributed by atoms with van der Waals surface area (Å²) in [5, 5.41) is 2.18. The van der Waals surface area contributed by atoms with E-state index in [9.17, 15) is 9.59 Å². The second-order valence-corrected chi connectivity index (χ2v) is 12.0. The fourth-order valence-corrected chi connectivity index (χ4v) is 6.26. The van der Waals surface area contributed by atoms with Crippen LogP contribution in [0.2, 0.25) is 0 Å². The van der Waals surface area contributed by atoms with Gasteiger partial charge in [0.15, 0.2) is 0 Å². The Bertz CT molecular complexity index is 1020. The molecule has 2 aliphatic rings. The van der Waals surface area contributed by atoms with Crippen molar-refractivity contribution in [2.45, 2.75) is 66.0 Å². The summed E-state index contributed by atoms with van der Waals surface area (Å²) in [5.74, 6) is 0.387. The molecule has 5 nitrogen and oxygen atoms in total. The molecule has 2 atom stereocenters. The summed E-state index contributed by atoms with van der Waals surface area (Å²) >= 11 is 1.83. The van der Waals surface area contributed by atoms with Crippen LogP contribution >= 0.6 is 11.3 Å². The topological polar surface area (TPSA) is 43.9 Å². The molecule has 0 bridgehead atoms. The van der Waals surface area contributed by atoms with Crippen molar-refractivity contribution in [3.63, 3.8) is 0 Å². The molecule has 2 amide bonds. The van der Waals surface area contributed by atoms with E-state index in [1.165, 1.54) is 21.6 Å². The number of rotatable bonds is 4. The minimum absolute atomic E-state index is 0.0211. The van der Waals surface area contributed by atoms with Crippen LogP contribution in [0.4, 0.5) is 0 Å². The minimum atomic E-state index is -0.213. The summed E-state index contributed by atoms with van der Waals surface area (Å²) in [6.07, 6.45) is 2.37. The van der Waals surface area contributed by atoms with Gasteiger partial charge < -0.3 is 9.80 Å². The summed E-state index contributed by atoms with van der Waals surface area (Å²) in [6, 6.07) is 10.7. The number of hydrogen-bond acceptors (Lipinski definition) is 4. The maximum absolute atomic E-state index is 13.8. The van der Waals surface area contributed by atoms with Gasteiger partial charge in [-0.3, -0.25) is 14.5 Å². The van der Waals surface area contributed by atoms with E-state index in [-0.39, 0.29) is 29.3 Å². The highest BCUT2D eigenvalue weighted by molar-refractivity contribution is 7.10. The molecular weight excluding hydrogens is 442 g/mol. The molecular formula is C28H39N3O2S. The lowest BCUT2D eigenvalue weighted by molar-refractivity contribution is -0.138. The fourth-order valence-electron chi connectivity index (χ4n) is 5.35. The van der Waals surface area contributed by atoms with Gasteiger partial charge in [-0.05, 0) is 60.2 Å². The van der Waals surface area contributed by atoms with Crippen LogP contribution < -0.4 is 0 Å². The molecule has 0 N–H and O–H groups in total. The van der Waals surface area contributed by atoms with E-state index >= 15 is 0 Å². The van der Waals surface area contributed by atoms with Gasteiger partial charge in [-0.1, -0.05) is 45.0 Å². The Morgan fingerprint density at radius 2 is 1.71 bits per heavy atom. The third-order valence-electron chi connectivity index (χ3n) is 7.18. The van der Waals surface area contributed by atoms with Crippen LogP contribution in [0.15, 0.2) is 35.7 Å². The molecule has 1 saturated heterocycles. The van der Waals surface area contributed by atoms with Gasteiger partial charge >= 0.3 is 0 Å². The third kappa shape index (κ3) is 5.38. The molecule has 0 radical (unpaired) electrons. The molecule has 6 heteroatoms. The van der Waals surface area contributed by atoms with Crippen LogP contribution in [0, 0.1) is 12.3 Å². The Hall–Kier alpha value is -2.18. The number of fused-ring (bicyclic) bond motifs is 1. The molecule has 2 aromatic rings. The molecule has 184 valence electrons. The lowest BCUT2D eigenvalue weighted by atomic mass is 9.89. The first-order valence-electron chi connectivity index (χ1n) is 12.6. The van der Waals surface area contributed by atoms with Gasteiger partial charge in [0.05, 0.1) is 12.1 Å². The van der Waals surface area contributed by atoms with E-state index in [2.05, 4.69) is 75.2 Å². The van der Waals surface area contributed by atoms with Crippen molar-refractivity contribution >= 4 is 23.2 Å². The number of amides is 2. The zero-order valence-corrected chi connectivity index (χ0v) is 22.2. The Balaban J connectivity index is 1.50. The summed E-state index contributed by atoms with van der Waals surface area (Å²) < 4.78 is 0. The van der Waals surface area contributed by atoms with E-state index < -0.39 is 0 Å². The first-order chi connectivity index (χ1) is 16.2. The number of carbonyl (C=O) groups excluding carboxylic acids is 2. The molecule has 1 aromatic heterocycles. The SMILES string of the molecule is Cc1ccccc1C1c2ccsc2CCN1C(C)C(=O)N1CCCN(C(=O)CC(C)(C)C)CC1. The number of nitrogens with zero attached hydrogens (tertiary/aromatic N) is 3. The van der Waals surface area contributed by atoms with E-state index in [0.717, 1.165) is 32.5 Å². The van der Waals surface area contributed by atoms with E-state index in [1.807, 2.05) is 21.1 Å². The molecule has 1 aromatic carbocycles. The Labute approximate surface area is 208 Å². The highest BCUT2D eigenvalue weighted by atomic mass is 32.1. The quantitative estimate of drug-likeness (QED) is 0.625. The van der Waals surface area contributed by atoms with Crippen molar-refractivity contribution in [2.24, 2.45) is 5.41 Å². The van der Waals surface area contributed by atoms with Gasteiger partial charge in [-0.25, -0.2) is 0 Å². The predicted molar refractivity (Wildman–Crippen MR) is 139 cm³/mol. The number of benzene rings is 1. The monoisotopic (exact) mass is 481 g/mol.